The summed E-state index contributed by atoms with van der Waals surface area (Å²) >= 11 is 11.9. The van der Waals surface area contributed by atoms with Crippen molar-refractivity contribution in [1.82, 2.24) is 20.0 Å². The number of piperazine rings is 1. The van der Waals surface area contributed by atoms with Crippen LogP contribution in [0.3, 0.4) is 0 Å². The molecule has 3 rings (SSSR count). The fourth-order valence-corrected chi connectivity index (χ4v) is 3.20. The highest BCUT2D eigenvalue weighted by molar-refractivity contribution is 6.35. The average Bonchev–Trinajstić information content (AvgIpc) is 3.00. The van der Waals surface area contributed by atoms with Crippen molar-refractivity contribution in [3.05, 3.63) is 55.4 Å². The van der Waals surface area contributed by atoms with Crippen molar-refractivity contribution < 1.29 is 14.1 Å². The number of nitrogens with one attached hydrogen (secondary N) is 1. The molecule has 1 saturated heterocycles. The second-order valence-electron chi connectivity index (χ2n) is 5.76. The number of aromatic nitrogens is 2. The van der Waals surface area contributed by atoms with Crippen molar-refractivity contribution in [1.29, 1.82) is 0 Å². The minimum atomic E-state index is -0.734. The summed E-state index contributed by atoms with van der Waals surface area (Å²) in [4.78, 5) is 26.0. The van der Waals surface area contributed by atoms with Crippen molar-refractivity contribution in [3.8, 4) is 0 Å². The third-order valence-electron chi connectivity index (χ3n) is 4.18. The molecule has 2 aromatic rings. The van der Waals surface area contributed by atoms with Crippen LogP contribution in [0.25, 0.3) is 0 Å². The highest BCUT2D eigenvalue weighted by atomic mass is 35.5. The first-order valence-electron chi connectivity index (χ1n) is 7.71. The van der Waals surface area contributed by atoms with Gasteiger partial charge >= 0.3 is 5.82 Å². The predicted molar refractivity (Wildman–Crippen MR) is 92.8 cm³/mol. The van der Waals surface area contributed by atoms with Gasteiger partial charge in [0.25, 0.3) is 5.91 Å². The van der Waals surface area contributed by atoms with E-state index in [1.165, 1.54) is 11.0 Å². The summed E-state index contributed by atoms with van der Waals surface area (Å²) in [6.45, 7) is 2.06. The van der Waals surface area contributed by atoms with Crippen LogP contribution in [0.1, 0.15) is 16.1 Å². The van der Waals surface area contributed by atoms with Crippen molar-refractivity contribution in [3.63, 3.8) is 0 Å². The summed E-state index contributed by atoms with van der Waals surface area (Å²) in [5.41, 5.74) is 0.240. The van der Waals surface area contributed by atoms with Gasteiger partial charge in [0, 0.05) is 43.3 Å². The lowest BCUT2D eigenvalue weighted by molar-refractivity contribution is -0.389. The van der Waals surface area contributed by atoms with Gasteiger partial charge in [0.15, 0.2) is 10.7 Å². The minimum absolute atomic E-state index is 0.177. The molecule has 1 fully saturated rings. The summed E-state index contributed by atoms with van der Waals surface area (Å²) in [6, 6.07) is 4.53. The molecule has 138 valence electrons. The van der Waals surface area contributed by atoms with E-state index < -0.39 is 16.6 Å². The number of hydrogen-bond acceptors (Lipinski definition) is 5. The molecular formula is C15H14Cl2FN5O3. The number of nitro groups is 1. The molecule has 0 aliphatic carbocycles. The summed E-state index contributed by atoms with van der Waals surface area (Å²) in [7, 11) is 0. The van der Waals surface area contributed by atoms with Gasteiger partial charge in [0.05, 0.1) is 0 Å². The molecule has 0 bridgehead atoms. The maximum Gasteiger partial charge on any atom is 0.362 e. The van der Waals surface area contributed by atoms with Crippen molar-refractivity contribution >= 4 is 34.9 Å². The smallest absolute Gasteiger partial charge is 0.358 e. The Hall–Kier alpha value is -2.23. The number of carbonyl (C=O) groups excluding carboxylic acids is 1. The molecule has 0 spiro atoms. The SMILES string of the molecule is O=C(c1n[nH]c([N+](=O)[O-])c1Cl)N1CCN(Cc2c(F)cccc2Cl)CC1. The number of nitrogens with zero attached hydrogens (tertiary/aromatic N) is 4. The van der Waals surface area contributed by atoms with E-state index in [9.17, 15) is 19.3 Å². The fourth-order valence-electron chi connectivity index (χ4n) is 2.75. The van der Waals surface area contributed by atoms with Gasteiger partial charge in [-0.1, -0.05) is 34.4 Å². The first kappa shape index (κ1) is 18.6. The van der Waals surface area contributed by atoms with E-state index in [1.807, 2.05) is 4.90 Å². The predicted octanol–water partition coefficient (Wildman–Crippen LogP) is 2.72. The molecule has 1 aromatic heterocycles. The molecule has 11 heteroatoms. The third kappa shape index (κ3) is 3.64. The molecule has 0 atom stereocenters. The molecule has 0 unspecified atom stereocenters. The van der Waals surface area contributed by atoms with E-state index in [1.54, 1.807) is 12.1 Å². The van der Waals surface area contributed by atoms with Crippen LogP contribution >= 0.6 is 23.2 Å². The normalized spacial score (nSPS) is 15.3. The monoisotopic (exact) mass is 401 g/mol. The number of carbonyl (C=O) groups is 1. The molecule has 1 amide bonds. The minimum Gasteiger partial charge on any atom is -0.358 e. The van der Waals surface area contributed by atoms with Crippen molar-refractivity contribution in [2.45, 2.75) is 6.54 Å². The Kier molecular flexibility index (Phi) is 5.40. The molecular weight excluding hydrogens is 388 g/mol. The van der Waals surface area contributed by atoms with Crippen LogP contribution in [-0.2, 0) is 6.54 Å². The van der Waals surface area contributed by atoms with Crippen LogP contribution in [-0.4, -0.2) is 57.0 Å². The third-order valence-corrected chi connectivity index (χ3v) is 4.89. The highest BCUT2D eigenvalue weighted by Gasteiger charge is 2.30. The Balaban J connectivity index is 1.63. The van der Waals surface area contributed by atoms with Gasteiger partial charge in [-0.3, -0.25) is 9.69 Å². The lowest BCUT2D eigenvalue weighted by Crippen LogP contribution is -2.48. The van der Waals surface area contributed by atoms with Gasteiger partial charge in [0.2, 0.25) is 0 Å². The van der Waals surface area contributed by atoms with Crippen LogP contribution in [0.15, 0.2) is 18.2 Å². The zero-order valence-electron chi connectivity index (χ0n) is 13.4. The Morgan fingerprint density at radius 1 is 1.31 bits per heavy atom. The lowest BCUT2D eigenvalue weighted by atomic mass is 10.1. The van der Waals surface area contributed by atoms with Crippen LogP contribution in [0.4, 0.5) is 10.2 Å². The Morgan fingerprint density at radius 3 is 2.58 bits per heavy atom. The maximum absolute atomic E-state index is 13.9. The van der Waals surface area contributed by atoms with E-state index in [-0.39, 0.29) is 16.5 Å². The molecule has 8 nitrogen and oxygen atoms in total. The van der Waals surface area contributed by atoms with Gasteiger partial charge in [-0.25, -0.2) is 4.39 Å². The zero-order valence-corrected chi connectivity index (χ0v) is 14.9. The van der Waals surface area contributed by atoms with Gasteiger partial charge in [-0.05, 0) is 17.1 Å². The zero-order chi connectivity index (χ0) is 18.8. The second kappa shape index (κ2) is 7.56. The van der Waals surface area contributed by atoms with Gasteiger partial charge in [-0.2, -0.15) is 0 Å². The first-order valence-corrected chi connectivity index (χ1v) is 8.47. The van der Waals surface area contributed by atoms with Gasteiger partial charge in [0.1, 0.15) is 5.82 Å². The standard InChI is InChI=1S/C15H14Cl2FN5O3/c16-10-2-1-3-11(18)9(10)8-21-4-6-22(7-5-21)15(24)13-12(17)14(20-19-13)23(25)26/h1-3H,4-8H2,(H,19,20). The number of rotatable bonds is 4. The summed E-state index contributed by atoms with van der Waals surface area (Å²) < 4.78 is 13.9. The van der Waals surface area contributed by atoms with Crippen molar-refractivity contribution in [2.75, 3.05) is 26.2 Å². The van der Waals surface area contributed by atoms with Crippen LogP contribution < -0.4 is 0 Å². The molecule has 2 heterocycles. The van der Waals surface area contributed by atoms with Gasteiger partial charge in [-0.15, -0.1) is 5.10 Å². The van der Waals surface area contributed by atoms with E-state index in [0.717, 1.165) is 0 Å². The number of amides is 1. The lowest BCUT2D eigenvalue weighted by Gasteiger charge is -2.34. The number of hydrogen-bond donors (Lipinski definition) is 1. The molecule has 1 aliphatic heterocycles. The Bertz CT molecular complexity index is 832. The van der Waals surface area contributed by atoms with E-state index in [2.05, 4.69) is 10.2 Å². The van der Waals surface area contributed by atoms with E-state index in [4.69, 9.17) is 23.2 Å². The van der Waals surface area contributed by atoms with Crippen LogP contribution in [0.2, 0.25) is 10.0 Å². The molecule has 0 saturated carbocycles. The molecule has 1 N–H and O–H groups in total. The van der Waals surface area contributed by atoms with Crippen LogP contribution in [0.5, 0.6) is 0 Å². The molecule has 1 aromatic carbocycles. The summed E-state index contributed by atoms with van der Waals surface area (Å²) in [5.74, 6) is -1.36. The molecule has 0 radical (unpaired) electrons. The quantitative estimate of drug-likeness (QED) is 0.627. The highest BCUT2D eigenvalue weighted by Crippen LogP contribution is 2.26. The molecule has 1 aliphatic rings. The van der Waals surface area contributed by atoms with Gasteiger partial charge < -0.3 is 15.0 Å². The van der Waals surface area contributed by atoms with E-state index >= 15 is 0 Å². The summed E-state index contributed by atoms with van der Waals surface area (Å²) in [6.07, 6.45) is 0. The van der Waals surface area contributed by atoms with Crippen molar-refractivity contribution in [2.24, 2.45) is 0 Å². The number of benzene rings is 1. The fraction of sp³-hybridized carbons (Fsp3) is 0.333. The average molecular weight is 402 g/mol. The van der Waals surface area contributed by atoms with Crippen LogP contribution in [0, 0.1) is 15.9 Å². The second-order valence-corrected chi connectivity index (χ2v) is 6.55. The van der Waals surface area contributed by atoms with E-state index in [0.29, 0.717) is 43.3 Å². The largest absolute Gasteiger partial charge is 0.362 e. The molecule has 26 heavy (non-hydrogen) atoms. The number of halogens is 3. The topological polar surface area (TPSA) is 95.4 Å². The Labute approximate surface area is 157 Å². The first-order chi connectivity index (χ1) is 12.4. The number of H-pyrrole nitrogens is 1. The number of aromatic amines is 1. The maximum atomic E-state index is 13.9. The summed E-state index contributed by atoms with van der Waals surface area (Å²) in [5, 5.41) is 16.6. The Morgan fingerprint density at radius 2 is 2.00 bits per heavy atom.